The predicted octanol–water partition coefficient (Wildman–Crippen LogP) is 4.62. The summed E-state index contributed by atoms with van der Waals surface area (Å²) in [7, 11) is 0. The molecule has 11 heteroatoms. The van der Waals surface area contributed by atoms with Gasteiger partial charge in [0.2, 0.25) is 5.91 Å². The van der Waals surface area contributed by atoms with E-state index < -0.39 is 17.9 Å². The maximum Gasteiger partial charge on any atom is 0.305 e. The molecule has 1 fully saturated rings. The number of carbonyl (C=O) groups is 4. The van der Waals surface area contributed by atoms with Crippen LogP contribution in [0.2, 0.25) is 0 Å². The molecule has 4 aromatic rings. The Morgan fingerprint density at radius 1 is 0.932 bits per heavy atom. The zero-order valence-corrected chi connectivity index (χ0v) is 24.8. The van der Waals surface area contributed by atoms with Crippen LogP contribution >= 0.6 is 11.3 Å². The van der Waals surface area contributed by atoms with Gasteiger partial charge in [-0.1, -0.05) is 42.5 Å². The molecule has 0 aliphatic carbocycles. The molecule has 0 radical (unpaired) electrons. The number of carboxylic acids is 1. The number of carbonyl (C=O) groups excluding carboxylic acids is 3. The Labute approximate surface area is 259 Å². The summed E-state index contributed by atoms with van der Waals surface area (Å²) in [6.45, 7) is 2.33. The minimum absolute atomic E-state index is 0.00906. The maximum absolute atomic E-state index is 13.4. The summed E-state index contributed by atoms with van der Waals surface area (Å²) < 4.78 is 0. The van der Waals surface area contributed by atoms with Gasteiger partial charge in [-0.25, -0.2) is 0 Å². The molecule has 3 heterocycles. The highest BCUT2D eigenvalue weighted by molar-refractivity contribution is 7.12. The molecule has 1 saturated heterocycles. The number of pyridine rings is 1. The van der Waals surface area contributed by atoms with E-state index in [0.29, 0.717) is 42.3 Å². The first-order chi connectivity index (χ1) is 21.4. The first kappa shape index (κ1) is 30.4. The van der Waals surface area contributed by atoms with Crippen LogP contribution < -0.4 is 15.5 Å². The molecule has 3 N–H and O–H groups in total. The fourth-order valence-corrected chi connectivity index (χ4v) is 5.89. The molecule has 226 valence electrons. The number of aliphatic carboxylic acids is 1. The number of anilines is 2. The molecule has 44 heavy (non-hydrogen) atoms. The van der Waals surface area contributed by atoms with E-state index in [1.54, 1.807) is 36.5 Å². The molecule has 5 rings (SSSR count). The summed E-state index contributed by atoms with van der Waals surface area (Å²) in [5.74, 6) is -1.77. The maximum atomic E-state index is 13.4. The van der Waals surface area contributed by atoms with Gasteiger partial charge in [-0.3, -0.25) is 24.2 Å². The number of rotatable bonds is 10. The van der Waals surface area contributed by atoms with Crippen molar-refractivity contribution in [3.63, 3.8) is 0 Å². The third-order valence-electron chi connectivity index (χ3n) is 7.37. The lowest BCUT2D eigenvalue weighted by molar-refractivity contribution is -0.137. The summed E-state index contributed by atoms with van der Waals surface area (Å²) >= 11 is 1.42. The van der Waals surface area contributed by atoms with Gasteiger partial charge in [-0.15, -0.1) is 11.3 Å². The van der Waals surface area contributed by atoms with Crippen molar-refractivity contribution < 1.29 is 24.3 Å². The average molecular weight is 612 g/mol. The Morgan fingerprint density at radius 2 is 1.77 bits per heavy atom. The number of thiophene rings is 1. The Kier molecular flexibility index (Phi) is 9.98. The molecule has 3 amide bonds. The first-order valence-corrected chi connectivity index (χ1v) is 15.2. The third-order valence-corrected chi connectivity index (χ3v) is 8.22. The average Bonchev–Trinajstić information content (AvgIpc) is 3.46. The van der Waals surface area contributed by atoms with E-state index in [9.17, 15) is 24.3 Å². The van der Waals surface area contributed by atoms with Crippen LogP contribution in [0.3, 0.4) is 0 Å². The van der Waals surface area contributed by atoms with Crippen LogP contribution in [0.4, 0.5) is 11.4 Å². The van der Waals surface area contributed by atoms with Crippen LogP contribution in [0.1, 0.15) is 50.0 Å². The highest BCUT2D eigenvalue weighted by Gasteiger charge is 2.24. The lowest BCUT2D eigenvalue weighted by atomic mass is 10.0. The summed E-state index contributed by atoms with van der Waals surface area (Å²) in [6, 6.07) is 20.8. The number of nitrogens with zero attached hydrogens (tertiary/aromatic N) is 3. The van der Waals surface area contributed by atoms with E-state index in [0.717, 1.165) is 17.7 Å². The smallest absolute Gasteiger partial charge is 0.305 e. The van der Waals surface area contributed by atoms with Crippen LogP contribution in [0.25, 0.3) is 0 Å². The number of aromatic nitrogens is 1. The van der Waals surface area contributed by atoms with Crippen molar-refractivity contribution in [2.24, 2.45) is 0 Å². The van der Waals surface area contributed by atoms with Crippen molar-refractivity contribution in [1.82, 2.24) is 15.2 Å². The van der Waals surface area contributed by atoms with E-state index in [1.807, 2.05) is 52.7 Å². The van der Waals surface area contributed by atoms with E-state index in [4.69, 9.17) is 0 Å². The van der Waals surface area contributed by atoms with Crippen molar-refractivity contribution in [2.75, 3.05) is 36.4 Å². The zero-order valence-electron chi connectivity index (χ0n) is 24.0. The monoisotopic (exact) mass is 611 g/mol. The summed E-state index contributed by atoms with van der Waals surface area (Å²) in [4.78, 5) is 59.9. The van der Waals surface area contributed by atoms with Gasteiger partial charge in [-0.05, 0) is 53.3 Å². The molecule has 0 spiro atoms. The largest absolute Gasteiger partial charge is 0.481 e. The van der Waals surface area contributed by atoms with E-state index in [1.165, 1.54) is 17.5 Å². The number of amides is 3. The molecule has 1 atom stereocenters. The Balaban J connectivity index is 1.38. The van der Waals surface area contributed by atoms with Crippen molar-refractivity contribution in [3.05, 3.63) is 112 Å². The van der Waals surface area contributed by atoms with Crippen LogP contribution in [-0.2, 0) is 16.0 Å². The second-order valence-corrected chi connectivity index (χ2v) is 11.4. The molecular formula is C33H33N5O5S. The highest BCUT2D eigenvalue weighted by Crippen LogP contribution is 2.30. The van der Waals surface area contributed by atoms with Crippen LogP contribution in [0.15, 0.2) is 90.6 Å². The Bertz CT molecular complexity index is 1600. The quantitative estimate of drug-likeness (QED) is 0.238. The van der Waals surface area contributed by atoms with Crippen molar-refractivity contribution in [3.8, 4) is 0 Å². The van der Waals surface area contributed by atoms with Crippen LogP contribution in [0, 0.1) is 0 Å². The normalized spacial score (nSPS) is 13.9. The van der Waals surface area contributed by atoms with Gasteiger partial charge >= 0.3 is 5.97 Å². The second kappa shape index (κ2) is 14.4. The lowest BCUT2D eigenvalue weighted by Gasteiger charge is -2.26. The number of hydrogen-bond acceptors (Lipinski definition) is 7. The van der Waals surface area contributed by atoms with Gasteiger partial charge in [0.1, 0.15) is 0 Å². The van der Waals surface area contributed by atoms with E-state index in [2.05, 4.69) is 20.5 Å². The summed E-state index contributed by atoms with van der Waals surface area (Å²) in [6.07, 6.45) is 3.68. The van der Waals surface area contributed by atoms with Gasteiger partial charge in [0.15, 0.2) is 0 Å². The van der Waals surface area contributed by atoms with Gasteiger partial charge < -0.3 is 25.5 Å². The van der Waals surface area contributed by atoms with E-state index in [-0.39, 0.29) is 30.2 Å². The van der Waals surface area contributed by atoms with E-state index >= 15 is 0 Å². The minimum Gasteiger partial charge on any atom is -0.481 e. The molecule has 2 aromatic carbocycles. The fourth-order valence-electron chi connectivity index (χ4n) is 5.20. The van der Waals surface area contributed by atoms with Crippen molar-refractivity contribution in [1.29, 1.82) is 0 Å². The van der Waals surface area contributed by atoms with Gasteiger partial charge in [0.05, 0.1) is 35.1 Å². The topological polar surface area (TPSA) is 132 Å². The van der Waals surface area contributed by atoms with Gasteiger partial charge in [0.25, 0.3) is 11.8 Å². The molecular weight excluding hydrogens is 578 g/mol. The predicted molar refractivity (Wildman–Crippen MR) is 169 cm³/mol. The molecule has 0 bridgehead atoms. The summed E-state index contributed by atoms with van der Waals surface area (Å²) in [5.41, 5.74) is 2.90. The molecule has 1 aliphatic heterocycles. The highest BCUT2D eigenvalue weighted by atomic mass is 32.1. The lowest BCUT2D eigenvalue weighted by Crippen LogP contribution is -2.35. The molecule has 2 aromatic heterocycles. The molecule has 1 unspecified atom stereocenters. The van der Waals surface area contributed by atoms with Gasteiger partial charge in [0, 0.05) is 44.1 Å². The second-order valence-electron chi connectivity index (χ2n) is 10.5. The van der Waals surface area contributed by atoms with Crippen LogP contribution in [0.5, 0.6) is 0 Å². The van der Waals surface area contributed by atoms with Gasteiger partial charge in [-0.2, -0.15) is 0 Å². The number of benzene rings is 2. The molecule has 0 saturated carbocycles. The molecule has 1 aliphatic rings. The summed E-state index contributed by atoms with van der Waals surface area (Å²) in [5, 5.41) is 17.2. The molecule has 10 nitrogen and oxygen atoms in total. The Hall–Kier alpha value is -5.03. The van der Waals surface area contributed by atoms with Crippen molar-refractivity contribution >= 4 is 46.4 Å². The SMILES string of the molecule is O=C(O)CC(NC(=O)c1ccc(N2CCCN(C(=O)c3cccs3)CC2)c(NC(=O)Cc2ccccc2)c1)c1cccnc1. The zero-order chi connectivity index (χ0) is 30.9. The van der Waals surface area contributed by atoms with Crippen molar-refractivity contribution in [2.45, 2.75) is 25.3 Å². The van der Waals surface area contributed by atoms with Crippen LogP contribution in [-0.4, -0.2) is 64.9 Å². The number of carboxylic acid groups (broad SMARTS) is 1. The standard InChI is InChI=1S/C33H33N5O5S/c39-30(19-23-7-2-1-3-8-23)35-27-20-24(32(42)36-26(21-31(40)41)25-9-4-13-34-22-25)11-12-28(27)37-14-6-15-38(17-16-37)33(43)29-10-5-18-44-29/h1-5,7-13,18,20,22,26H,6,14-17,19,21H2,(H,35,39)(H,36,42)(H,40,41). The number of nitrogens with one attached hydrogen (secondary N) is 2. The Morgan fingerprint density at radius 3 is 2.50 bits per heavy atom. The first-order valence-electron chi connectivity index (χ1n) is 14.4. The third kappa shape index (κ3) is 7.87. The minimum atomic E-state index is -1.06. The fraction of sp³-hybridized carbons (Fsp3) is 0.242. The number of hydrogen-bond donors (Lipinski definition) is 3.